The Bertz CT molecular complexity index is 432. The molecule has 104 valence electrons. The molecule has 0 unspecified atom stereocenters. The minimum Gasteiger partial charge on any atom is -0.453 e. The fraction of sp³-hybridized carbons (Fsp3) is 0.500. The molecule has 1 heterocycles. The van der Waals surface area contributed by atoms with E-state index >= 15 is 0 Å². The summed E-state index contributed by atoms with van der Waals surface area (Å²) in [6.07, 6.45) is -0.0901. The third-order valence-electron chi connectivity index (χ3n) is 3.18. The topological polar surface area (TPSA) is 40.0 Å². The number of halogens is 1. The van der Waals surface area contributed by atoms with Gasteiger partial charge in [0.2, 0.25) is 0 Å². The van der Waals surface area contributed by atoms with Gasteiger partial charge in [0.05, 0.1) is 18.8 Å². The maximum Gasteiger partial charge on any atom is 0.339 e. The minimum atomic E-state index is -0.271. The summed E-state index contributed by atoms with van der Waals surface area (Å²) in [5, 5.41) is 0. The fourth-order valence-corrected chi connectivity index (χ4v) is 2.63. The molecule has 1 saturated heterocycles. The maximum absolute atomic E-state index is 12.0. The lowest BCUT2D eigenvalue weighted by Crippen LogP contribution is -3.15. The van der Waals surface area contributed by atoms with Gasteiger partial charge in [-0.05, 0) is 35.0 Å². The number of carbonyl (C=O) groups is 1. The van der Waals surface area contributed by atoms with Crippen molar-refractivity contribution in [1.82, 2.24) is 0 Å². The van der Waals surface area contributed by atoms with Crippen molar-refractivity contribution in [3.63, 3.8) is 0 Å². The molecule has 19 heavy (non-hydrogen) atoms. The summed E-state index contributed by atoms with van der Waals surface area (Å²) in [5.41, 5.74) is 0.575. The van der Waals surface area contributed by atoms with Crippen molar-refractivity contribution in [1.29, 1.82) is 0 Å². The largest absolute Gasteiger partial charge is 0.453 e. The summed E-state index contributed by atoms with van der Waals surface area (Å²) in [5.74, 6) is -0.271. The van der Waals surface area contributed by atoms with Gasteiger partial charge in [-0.3, -0.25) is 0 Å². The number of rotatable bonds is 4. The molecule has 0 bridgehead atoms. The Labute approximate surface area is 121 Å². The Hall–Kier alpha value is -0.910. The molecule has 0 aromatic heterocycles. The molecule has 1 N–H and O–H groups in total. The number of hydrogen-bond acceptors (Lipinski definition) is 3. The van der Waals surface area contributed by atoms with Crippen molar-refractivity contribution in [2.45, 2.75) is 13.0 Å². The zero-order chi connectivity index (χ0) is 13.7. The van der Waals surface area contributed by atoms with Gasteiger partial charge in [0.15, 0.2) is 0 Å². The normalized spacial score (nSPS) is 18.0. The Morgan fingerprint density at radius 3 is 2.79 bits per heavy atom. The number of esters is 1. The molecule has 4 nitrogen and oxygen atoms in total. The molecule has 1 aliphatic heterocycles. The van der Waals surface area contributed by atoms with Crippen molar-refractivity contribution in [2.24, 2.45) is 0 Å². The van der Waals surface area contributed by atoms with E-state index in [1.165, 1.54) is 4.90 Å². The second-order valence-electron chi connectivity index (χ2n) is 4.76. The van der Waals surface area contributed by atoms with Crippen LogP contribution in [-0.4, -0.2) is 44.9 Å². The molecule has 0 saturated carbocycles. The second-order valence-corrected chi connectivity index (χ2v) is 5.62. The fourth-order valence-electron chi connectivity index (χ4n) is 2.19. The standard InChI is InChI=1S/C14H18BrNO3/c1-11(10-16-6-8-18-9-7-16)19-14(17)12-4-2-3-5-13(12)15/h2-5,11H,6-10H2,1H3/p+1/t11-/m1/s1. The molecule has 0 amide bonds. The highest BCUT2D eigenvalue weighted by atomic mass is 79.9. The minimum absolute atomic E-state index is 0.0901. The molecule has 1 atom stereocenters. The van der Waals surface area contributed by atoms with E-state index < -0.39 is 0 Å². The van der Waals surface area contributed by atoms with Crippen molar-refractivity contribution in [3.05, 3.63) is 34.3 Å². The van der Waals surface area contributed by atoms with Crippen LogP contribution in [-0.2, 0) is 9.47 Å². The number of morpholine rings is 1. The van der Waals surface area contributed by atoms with Crippen LogP contribution in [0.2, 0.25) is 0 Å². The van der Waals surface area contributed by atoms with Crippen LogP contribution < -0.4 is 4.90 Å². The molecule has 1 aromatic rings. The summed E-state index contributed by atoms with van der Waals surface area (Å²) in [6, 6.07) is 7.32. The Kier molecular flexibility index (Phi) is 5.36. The molecule has 1 fully saturated rings. The van der Waals surface area contributed by atoms with Crippen LogP contribution in [0.3, 0.4) is 0 Å². The molecule has 1 aromatic carbocycles. The van der Waals surface area contributed by atoms with E-state index in [1.54, 1.807) is 6.07 Å². The monoisotopic (exact) mass is 328 g/mol. The zero-order valence-corrected chi connectivity index (χ0v) is 12.6. The van der Waals surface area contributed by atoms with Gasteiger partial charge in [0.1, 0.15) is 25.7 Å². The number of quaternary nitrogens is 1. The van der Waals surface area contributed by atoms with E-state index in [2.05, 4.69) is 15.9 Å². The summed E-state index contributed by atoms with van der Waals surface area (Å²) in [4.78, 5) is 13.5. The van der Waals surface area contributed by atoms with Crippen LogP contribution in [0.1, 0.15) is 17.3 Å². The van der Waals surface area contributed by atoms with Gasteiger partial charge in [-0.15, -0.1) is 0 Å². The second kappa shape index (κ2) is 7.03. The third-order valence-corrected chi connectivity index (χ3v) is 3.87. The van der Waals surface area contributed by atoms with Crippen molar-refractivity contribution in [3.8, 4) is 0 Å². The molecular weight excluding hydrogens is 310 g/mol. The molecule has 0 radical (unpaired) electrons. The first-order valence-corrected chi connectivity index (χ1v) is 7.33. The van der Waals surface area contributed by atoms with E-state index in [4.69, 9.17) is 9.47 Å². The van der Waals surface area contributed by atoms with Gasteiger partial charge in [-0.1, -0.05) is 12.1 Å². The van der Waals surface area contributed by atoms with Crippen molar-refractivity contribution in [2.75, 3.05) is 32.8 Å². The predicted octanol–water partition coefficient (Wildman–Crippen LogP) is 0.910. The smallest absolute Gasteiger partial charge is 0.339 e. The average Bonchev–Trinajstić information content (AvgIpc) is 2.40. The van der Waals surface area contributed by atoms with Crippen LogP contribution in [0.25, 0.3) is 0 Å². The van der Waals surface area contributed by atoms with Gasteiger partial charge in [-0.2, -0.15) is 0 Å². The first kappa shape index (κ1) is 14.5. The summed E-state index contributed by atoms with van der Waals surface area (Å²) in [7, 11) is 0. The van der Waals surface area contributed by atoms with Crippen molar-refractivity contribution < 1.29 is 19.2 Å². The number of carbonyl (C=O) groups excluding carboxylic acids is 1. The number of nitrogens with one attached hydrogen (secondary N) is 1. The van der Waals surface area contributed by atoms with Crippen LogP contribution >= 0.6 is 15.9 Å². The summed E-state index contributed by atoms with van der Waals surface area (Å²) < 4.78 is 11.6. The summed E-state index contributed by atoms with van der Waals surface area (Å²) >= 11 is 3.36. The highest BCUT2D eigenvalue weighted by Crippen LogP contribution is 2.17. The molecule has 5 heteroatoms. The zero-order valence-electron chi connectivity index (χ0n) is 11.0. The maximum atomic E-state index is 12.0. The highest BCUT2D eigenvalue weighted by Gasteiger charge is 2.20. The third kappa shape index (κ3) is 4.30. The Morgan fingerprint density at radius 1 is 1.42 bits per heavy atom. The number of benzene rings is 1. The Morgan fingerprint density at radius 2 is 2.11 bits per heavy atom. The van der Waals surface area contributed by atoms with Gasteiger partial charge in [-0.25, -0.2) is 4.79 Å². The SMILES string of the molecule is C[C@H](C[NH+]1CCOCC1)OC(=O)c1ccccc1Br. The van der Waals surface area contributed by atoms with Crippen LogP contribution in [0.4, 0.5) is 0 Å². The average molecular weight is 329 g/mol. The van der Waals surface area contributed by atoms with E-state index in [0.29, 0.717) is 5.56 Å². The van der Waals surface area contributed by atoms with Gasteiger partial charge < -0.3 is 14.4 Å². The van der Waals surface area contributed by atoms with Crippen LogP contribution in [0.15, 0.2) is 28.7 Å². The van der Waals surface area contributed by atoms with E-state index in [9.17, 15) is 4.79 Å². The van der Waals surface area contributed by atoms with E-state index in [1.807, 2.05) is 25.1 Å². The van der Waals surface area contributed by atoms with Crippen LogP contribution in [0, 0.1) is 0 Å². The Balaban J connectivity index is 1.86. The highest BCUT2D eigenvalue weighted by molar-refractivity contribution is 9.10. The molecular formula is C14H19BrNO3+. The molecule has 2 rings (SSSR count). The lowest BCUT2D eigenvalue weighted by Gasteiger charge is -2.26. The molecule has 1 aliphatic rings. The first-order chi connectivity index (χ1) is 9.16. The number of ether oxygens (including phenoxy) is 2. The summed E-state index contributed by atoms with van der Waals surface area (Å²) in [6.45, 7) is 6.32. The van der Waals surface area contributed by atoms with Crippen molar-refractivity contribution >= 4 is 21.9 Å². The quantitative estimate of drug-likeness (QED) is 0.835. The van der Waals surface area contributed by atoms with Crippen LogP contribution in [0.5, 0.6) is 0 Å². The van der Waals surface area contributed by atoms with Gasteiger partial charge in [0, 0.05) is 4.47 Å². The van der Waals surface area contributed by atoms with E-state index in [0.717, 1.165) is 37.3 Å². The lowest BCUT2D eigenvalue weighted by molar-refractivity contribution is -0.910. The lowest BCUT2D eigenvalue weighted by atomic mass is 10.2. The van der Waals surface area contributed by atoms with E-state index in [-0.39, 0.29) is 12.1 Å². The first-order valence-electron chi connectivity index (χ1n) is 6.53. The van der Waals surface area contributed by atoms with Gasteiger partial charge >= 0.3 is 5.97 Å². The van der Waals surface area contributed by atoms with Gasteiger partial charge in [0.25, 0.3) is 0 Å². The molecule has 0 spiro atoms. The molecule has 0 aliphatic carbocycles. The number of hydrogen-bond donors (Lipinski definition) is 1. The predicted molar refractivity (Wildman–Crippen MR) is 75.4 cm³/mol.